The first-order valence-corrected chi connectivity index (χ1v) is 7.77. The first-order chi connectivity index (χ1) is 12.1. The van der Waals surface area contributed by atoms with Crippen molar-refractivity contribution in [3.63, 3.8) is 0 Å². The first kappa shape index (κ1) is 16.7. The highest BCUT2D eigenvalue weighted by Gasteiger charge is 2.19. The molecule has 25 heavy (non-hydrogen) atoms. The molecule has 3 rings (SSSR count). The fraction of sp³-hybridized carbons (Fsp3) is 0.0556. The van der Waals surface area contributed by atoms with Gasteiger partial charge in [-0.1, -0.05) is 41.9 Å². The van der Waals surface area contributed by atoms with Gasteiger partial charge in [0.2, 0.25) is 0 Å². The second-order valence-corrected chi connectivity index (χ2v) is 5.49. The Morgan fingerprint density at radius 2 is 1.80 bits per heavy atom. The van der Waals surface area contributed by atoms with Crippen molar-refractivity contribution in [2.45, 2.75) is 0 Å². The molecule has 0 radical (unpaired) electrons. The summed E-state index contributed by atoms with van der Waals surface area (Å²) >= 11 is 6.06. The summed E-state index contributed by atoms with van der Waals surface area (Å²) in [7, 11) is 1.37. The molecule has 1 N–H and O–H groups in total. The number of amides is 1. The van der Waals surface area contributed by atoms with Crippen LogP contribution in [0.5, 0.6) is 5.75 Å². The molecule has 1 amide bonds. The molecule has 0 aliphatic heterocycles. The van der Waals surface area contributed by atoms with E-state index in [-0.39, 0.29) is 11.4 Å². The number of aromatic nitrogens is 2. The van der Waals surface area contributed by atoms with Crippen LogP contribution >= 0.6 is 11.6 Å². The average Bonchev–Trinajstić information content (AvgIpc) is 2.64. The maximum atomic E-state index is 12.6. The summed E-state index contributed by atoms with van der Waals surface area (Å²) in [6.45, 7) is 0. The molecule has 0 aliphatic carbocycles. The molecule has 1 aromatic heterocycles. The normalized spacial score (nSPS) is 10.3. The predicted molar refractivity (Wildman–Crippen MR) is 95.8 cm³/mol. The van der Waals surface area contributed by atoms with Crippen molar-refractivity contribution in [3.8, 4) is 11.4 Å². The molecule has 0 saturated heterocycles. The Labute approximate surface area is 148 Å². The minimum Gasteiger partial charge on any atom is -0.494 e. The molecule has 6 nitrogen and oxygen atoms in total. The van der Waals surface area contributed by atoms with Gasteiger partial charge in [-0.05, 0) is 24.3 Å². The SMILES string of the molecule is COc1cc(=O)n(-c2ccccc2)nc1C(=O)Nc1ccccc1Cl. The molecule has 0 saturated carbocycles. The van der Waals surface area contributed by atoms with Crippen molar-refractivity contribution in [2.24, 2.45) is 0 Å². The van der Waals surface area contributed by atoms with Gasteiger partial charge in [0.15, 0.2) is 11.4 Å². The molecular formula is C18H14ClN3O3. The Kier molecular flexibility index (Phi) is 4.81. The smallest absolute Gasteiger partial charge is 0.280 e. The molecule has 0 unspecified atom stereocenters. The van der Waals surface area contributed by atoms with E-state index in [4.69, 9.17) is 16.3 Å². The van der Waals surface area contributed by atoms with Crippen molar-refractivity contribution in [3.05, 3.63) is 81.7 Å². The van der Waals surface area contributed by atoms with Gasteiger partial charge in [0.1, 0.15) is 0 Å². The molecule has 0 aliphatic rings. The van der Waals surface area contributed by atoms with Crippen LogP contribution in [-0.4, -0.2) is 22.8 Å². The first-order valence-electron chi connectivity index (χ1n) is 7.40. The molecule has 1 heterocycles. The zero-order valence-corrected chi connectivity index (χ0v) is 14.0. The van der Waals surface area contributed by atoms with Crippen LogP contribution in [0.3, 0.4) is 0 Å². The average molecular weight is 356 g/mol. The molecule has 0 fully saturated rings. The van der Waals surface area contributed by atoms with Crippen LogP contribution in [0.25, 0.3) is 5.69 Å². The van der Waals surface area contributed by atoms with Crippen LogP contribution < -0.4 is 15.6 Å². The Morgan fingerprint density at radius 1 is 1.12 bits per heavy atom. The van der Waals surface area contributed by atoms with Gasteiger partial charge in [0.05, 0.1) is 29.6 Å². The van der Waals surface area contributed by atoms with Crippen molar-refractivity contribution >= 4 is 23.2 Å². The summed E-state index contributed by atoms with van der Waals surface area (Å²) in [4.78, 5) is 24.9. The van der Waals surface area contributed by atoms with Crippen LogP contribution in [0.15, 0.2) is 65.5 Å². The lowest BCUT2D eigenvalue weighted by atomic mass is 10.2. The van der Waals surface area contributed by atoms with E-state index < -0.39 is 11.5 Å². The number of halogens is 1. The highest BCUT2D eigenvalue weighted by atomic mass is 35.5. The van der Waals surface area contributed by atoms with E-state index in [2.05, 4.69) is 10.4 Å². The second-order valence-electron chi connectivity index (χ2n) is 5.08. The summed E-state index contributed by atoms with van der Waals surface area (Å²) in [5.41, 5.74) is 0.556. The van der Waals surface area contributed by atoms with Crippen molar-refractivity contribution in [1.82, 2.24) is 9.78 Å². The molecule has 3 aromatic rings. The van der Waals surface area contributed by atoms with Crippen molar-refractivity contribution in [1.29, 1.82) is 0 Å². The van der Waals surface area contributed by atoms with Gasteiger partial charge in [-0.3, -0.25) is 9.59 Å². The highest BCUT2D eigenvalue weighted by Crippen LogP contribution is 2.22. The number of carbonyl (C=O) groups excluding carboxylic acids is 1. The summed E-state index contributed by atoms with van der Waals surface area (Å²) in [5, 5.41) is 7.23. The third-order valence-corrected chi connectivity index (χ3v) is 3.78. The largest absolute Gasteiger partial charge is 0.494 e. The fourth-order valence-corrected chi connectivity index (χ4v) is 2.43. The van der Waals surface area contributed by atoms with Crippen molar-refractivity contribution in [2.75, 3.05) is 12.4 Å². The number of nitrogens with one attached hydrogen (secondary N) is 1. The number of carbonyl (C=O) groups is 1. The number of para-hydroxylation sites is 2. The molecule has 0 bridgehead atoms. The number of nitrogens with zero attached hydrogens (tertiary/aromatic N) is 2. The van der Waals surface area contributed by atoms with Gasteiger partial charge in [-0.15, -0.1) is 0 Å². The number of hydrogen-bond donors (Lipinski definition) is 1. The molecule has 2 aromatic carbocycles. The van der Waals surface area contributed by atoms with Gasteiger partial charge in [-0.25, -0.2) is 0 Å². The maximum Gasteiger partial charge on any atom is 0.280 e. The van der Waals surface area contributed by atoms with E-state index >= 15 is 0 Å². The number of benzene rings is 2. The minimum absolute atomic E-state index is 0.0223. The van der Waals surface area contributed by atoms with Gasteiger partial charge in [0, 0.05) is 0 Å². The van der Waals surface area contributed by atoms with Gasteiger partial charge >= 0.3 is 0 Å². The third kappa shape index (κ3) is 3.54. The Bertz CT molecular complexity index is 971. The van der Waals surface area contributed by atoms with E-state index in [9.17, 15) is 9.59 Å². The van der Waals surface area contributed by atoms with Gasteiger partial charge in [0.25, 0.3) is 11.5 Å². The van der Waals surface area contributed by atoms with Crippen LogP contribution in [0.4, 0.5) is 5.69 Å². The number of hydrogen-bond acceptors (Lipinski definition) is 4. The van der Waals surface area contributed by atoms with Crippen molar-refractivity contribution < 1.29 is 9.53 Å². The molecule has 0 spiro atoms. The number of ether oxygens (including phenoxy) is 1. The molecule has 126 valence electrons. The van der Waals surface area contributed by atoms with Crippen LogP contribution in [0.1, 0.15) is 10.5 Å². The number of rotatable bonds is 4. The molecule has 0 atom stereocenters. The lowest BCUT2D eigenvalue weighted by Gasteiger charge is -2.12. The summed E-state index contributed by atoms with van der Waals surface area (Å²) in [6.07, 6.45) is 0. The fourth-order valence-electron chi connectivity index (χ4n) is 2.25. The number of methoxy groups -OCH3 is 1. The third-order valence-electron chi connectivity index (χ3n) is 3.45. The number of anilines is 1. The summed E-state index contributed by atoms with van der Waals surface area (Å²) in [6, 6.07) is 16.9. The van der Waals surface area contributed by atoms with E-state index in [1.807, 2.05) is 6.07 Å². The lowest BCUT2D eigenvalue weighted by Crippen LogP contribution is -2.26. The Morgan fingerprint density at radius 3 is 2.48 bits per heavy atom. The summed E-state index contributed by atoms with van der Waals surface area (Å²) < 4.78 is 6.28. The summed E-state index contributed by atoms with van der Waals surface area (Å²) in [5.74, 6) is -0.448. The maximum absolute atomic E-state index is 12.6. The van der Waals surface area contributed by atoms with Crippen LogP contribution in [-0.2, 0) is 0 Å². The van der Waals surface area contributed by atoms with E-state index in [1.165, 1.54) is 13.2 Å². The molecular weight excluding hydrogens is 342 g/mol. The van der Waals surface area contributed by atoms with Gasteiger partial charge in [-0.2, -0.15) is 9.78 Å². The van der Waals surface area contributed by atoms with E-state index in [0.29, 0.717) is 16.4 Å². The Balaban J connectivity index is 2.04. The lowest BCUT2D eigenvalue weighted by molar-refractivity contribution is 0.101. The standard InChI is InChI=1S/C18H14ClN3O3/c1-25-15-11-16(23)22(12-7-3-2-4-8-12)21-17(15)18(24)20-14-10-6-5-9-13(14)19/h2-11H,1H3,(H,20,24). The zero-order chi connectivity index (χ0) is 17.8. The van der Waals surface area contributed by atoms with E-state index in [1.54, 1.807) is 48.5 Å². The highest BCUT2D eigenvalue weighted by molar-refractivity contribution is 6.33. The van der Waals surface area contributed by atoms with Gasteiger partial charge < -0.3 is 10.1 Å². The van der Waals surface area contributed by atoms with E-state index in [0.717, 1.165) is 4.68 Å². The second kappa shape index (κ2) is 7.19. The topological polar surface area (TPSA) is 73.2 Å². The van der Waals surface area contributed by atoms with Crippen LogP contribution in [0, 0.1) is 0 Å². The quantitative estimate of drug-likeness (QED) is 0.780. The predicted octanol–water partition coefficient (Wildman–Crippen LogP) is 3.15. The minimum atomic E-state index is -0.533. The zero-order valence-electron chi connectivity index (χ0n) is 13.3. The monoisotopic (exact) mass is 355 g/mol. The Hall–Kier alpha value is -3.12. The molecule has 7 heteroatoms. The van der Waals surface area contributed by atoms with Crippen LogP contribution in [0.2, 0.25) is 5.02 Å².